The van der Waals surface area contributed by atoms with E-state index in [0.717, 1.165) is 0 Å². The van der Waals surface area contributed by atoms with Crippen molar-refractivity contribution in [3.63, 3.8) is 0 Å². The van der Waals surface area contributed by atoms with E-state index in [1.807, 2.05) is 0 Å². The topological polar surface area (TPSA) is 198 Å². The van der Waals surface area contributed by atoms with E-state index in [1.165, 1.54) is 0 Å². The van der Waals surface area contributed by atoms with Gasteiger partial charge < -0.3 is 26.8 Å². The minimum absolute atomic E-state index is 1.34. The SMILES string of the molecule is NC(=O)C[C@@](O)(C(=O)O)[C@H](C(N)=O)C(=O)C(=O)O. The standard InChI is InChI=1S/C8H10N2O8/c9-2(11)1-8(18,7(16)17)3(5(10)13)4(12)6(14)15/h3,18H,1H2,(H2,9,11)(H2,10,13)(H,14,15)(H,16,17)/t3-,8-/m0/s1. The van der Waals surface area contributed by atoms with Crippen molar-refractivity contribution in [3.05, 3.63) is 0 Å². The highest BCUT2D eigenvalue weighted by atomic mass is 16.4. The Morgan fingerprint density at radius 2 is 1.50 bits per heavy atom. The maximum Gasteiger partial charge on any atom is 0.373 e. The fourth-order valence-electron chi connectivity index (χ4n) is 1.27. The second-order valence-corrected chi connectivity index (χ2v) is 3.38. The Morgan fingerprint density at radius 1 is 1.06 bits per heavy atom. The van der Waals surface area contributed by atoms with Crippen molar-refractivity contribution >= 4 is 29.5 Å². The van der Waals surface area contributed by atoms with E-state index in [0.29, 0.717) is 0 Å². The number of aliphatic carboxylic acids is 2. The highest BCUT2D eigenvalue weighted by molar-refractivity contribution is 6.38. The largest absolute Gasteiger partial charge is 0.479 e. The van der Waals surface area contributed by atoms with Gasteiger partial charge in [0.15, 0.2) is 5.60 Å². The lowest BCUT2D eigenvalue weighted by Crippen LogP contribution is -2.57. The van der Waals surface area contributed by atoms with Crippen LogP contribution in [0.4, 0.5) is 0 Å². The van der Waals surface area contributed by atoms with Crippen LogP contribution in [0.15, 0.2) is 0 Å². The van der Waals surface area contributed by atoms with Crippen molar-refractivity contribution in [1.29, 1.82) is 0 Å². The lowest BCUT2D eigenvalue weighted by molar-refractivity contribution is -0.175. The first-order chi connectivity index (χ1) is 8.04. The van der Waals surface area contributed by atoms with Gasteiger partial charge >= 0.3 is 11.9 Å². The Morgan fingerprint density at radius 3 is 1.72 bits per heavy atom. The molecule has 0 aliphatic rings. The molecule has 0 rings (SSSR count). The van der Waals surface area contributed by atoms with Gasteiger partial charge in [0.2, 0.25) is 11.8 Å². The zero-order valence-electron chi connectivity index (χ0n) is 8.82. The number of rotatable bonds is 7. The minimum atomic E-state index is -3.30. The van der Waals surface area contributed by atoms with Crippen LogP contribution in [0.3, 0.4) is 0 Å². The van der Waals surface area contributed by atoms with Crippen LogP contribution >= 0.6 is 0 Å². The number of carbonyl (C=O) groups excluding carboxylic acids is 3. The van der Waals surface area contributed by atoms with E-state index in [4.69, 9.17) is 10.2 Å². The molecule has 0 saturated heterocycles. The summed E-state index contributed by atoms with van der Waals surface area (Å²) in [7, 11) is 0. The van der Waals surface area contributed by atoms with E-state index in [9.17, 15) is 29.1 Å². The fourth-order valence-corrected chi connectivity index (χ4v) is 1.27. The highest BCUT2D eigenvalue weighted by Crippen LogP contribution is 2.23. The monoisotopic (exact) mass is 262 g/mol. The van der Waals surface area contributed by atoms with Gasteiger partial charge in [0.25, 0.3) is 5.78 Å². The van der Waals surface area contributed by atoms with Gasteiger partial charge in [0.05, 0.1) is 6.42 Å². The van der Waals surface area contributed by atoms with E-state index >= 15 is 0 Å². The molecule has 0 radical (unpaired) electrons. The van der Waals surface area contributed by atoms with Crippen LogP contribution in [0.2, 0.25) is 0 Å². The van der Waals surface area contributed by atoms with Crippen LogP contribution in [0, 0.1) is 5.92 Å². The number of carbonyl (C=O) groups is 5. The summed E-state index contributed by atoms with van der Waals surface area (Å²) < 4.78 is 0. The summed E-state index contributed by atoms with van der Waals surface area (Å²) in [4.78, 5) is 54.0. The number of ketones is 1. The molecule has 0 aromatic heterocycles. The number of nitrogens with two attached hydrogens (primary N) is 2. The second kappa shape index (κ2) is 5.23. The molecule has 2 amide bonds. The van der Waals surface area contributed by atoms with Gasteiger partial charge in [-0.1, -0.05) is 0 Å². The molecule has 0 aromatic carbocycles. The molecule has 100 valence electrons. The molecule has 0 aliphatic heterocycles. The van der Waals surface area contributed by atoms with Gasteiger partial charge in [0.1, 0.15) is 5.92 Å². The number of hydrogen-bond donors (Lipinski definition) is 5. The van der Waals surface area contributed by atoms with Gasteiger partial charge in [-0.3, -0.25) is 14.4 Å². The van der Waals surface area contributed by atoms with Crippen LogP contribution in [0.1, 0.15) is 6.42 Å². The van der Waals surface area contributed by atoms with E-state index in [2.05, 4.69) is 11.5 Å². The zero-order chi connectivity index (χ0) is 14.7. The average Bonchev–Trinajstić information content (AvgIpc) is 2.14. The summed E-state index contributed by atoms with van der Waals surface area (Å²) in [6, 6.07) is 0. The average molecular weight is 262 g/mol. The Bertz CT molecular complexity index is 431. The predicted octanol–water partition coefficient (Wildman–Crippen LogP) is -3.57. The summed E-state index contributed by atoms with van der Waals surface area (Å²) in [6.45, 7) is 0. The van der Waals surface area contributed by atoms with Crippen LogP contribution in [0.5, 0.6) is 0 Å². The summed E-state index contributed by atoms with van der Waals surface area (Å²) in [5.74, 6) is -12.0. The van der Waals surface area contributed by atoms with Gasteiger partial charge in [-0.25, -0.2) is 9.59 Å². The van der Waals surface area contributed by atoms with Crippen LogP contribution < -0.4 is 11.5 Å². The van der Waals surface area contributed by atoms with Crippen molar-refractivity contribution in [2.45, 2.75) is 12.0 Å². The summed E-state index contributed by atoms with van der Waals surface area (Å²) in [6.07, 6.45) is -1.34. The third-order valence-electron chi connectivity index (χ3n) is 2.05. The minimum Gasteiger partial charge on any atom is -0.479 e. The Labute approximate surface area is 99.2 Å². The summed E-state index contributed by atoms with van der Waals surface area (Å²) in [5, 5.41) is 26.7. The fraction of sp³-hybridized carbons (Fsp3) is 0.375. The number of hydrogen-bond acceptors (Lipinski definition) is 6. The Kier molecular flexibility index (Phi) is 4.50. The summed E-state index contributed by atoms with van der Waals surface area (Å²) in [5.41, 5.74) is 6.04. The van der Waals surface area contributed by atoms with Crippen molar-refractivity contribution in [3.8, 4) is 0 Å². The quantitative estimate of drug-likeness (QED) is 0.229. The van der Waals surface area contributed by atoms with Crippen LogP contribution in [-0.4, -0.2) is 50.5 Å². The normalized spacial score (nSPS) is 15.2. The maximum atomic E-state index is 11.1. The number of amides is 2. The highest BCUT2D eigenvalue weighted by Gasteiger charge is 2.54. The smallest absolute Gasteiger partial charge is 0.373 e. The molecule has 0 fully saturated rings. The third-order valence-corrected chi connectivity index (χ3v) is 2.05. The zero-order valence-corrected chi connectivity index (χ0v) is 8.82. The second-order valence-electron chi connectivity index (χ2n) is 3.38. The first-order valence-electron chi connectivity index (χ1n) is 4.34. The van der Waals surface area contributed by atoms with Crippen LogP contribution in [0.25, 0.3) is 0 Å². The lowest BCUT2D eigenvalue weighted by Gasteiger charge is -2.26. The molecule has 2 atom stereocenters. The first kappa shape index (κ1) is 15.5. The van der Waals surface area contributed by atoms with Gasteiger partial charge in [-0.05, 0) is 0 Å². The molecule has 0 aromatic rings. The molecule has 18 heavy (non-hydrogen) atoms. The van der Waals surface area contributed by atoms with Gasteiger partial charge in [-0.15, -0.1) is 0 Å². The molecule has 10 heteroatoms. The molecule has 0 unspecified atom stereocenters. The number of carboxylic acid groups (broad SMARTS) is 2. The lowest BCUT2D eigenvalue weighted by atomic mass is 9.80. The number of Topliss-reactive ketones (excluding diaryl/α,β-unsaturated/α-hetero) is 1. The molecular formula is C8H10N2O8. The molecule has 0 saturated carbocycles. The molecule has 0 heterocycles. The van der Waals surface area contributed by atoms with Crippen molar-refractivity contribution in [2.75, 3.05) is 0 Å². The molecular weight excluding hydrogens is 252 g/mol. The summed E-state index contributed by atoms with van der Waals surface area (Å²) >= 11 is 0. The van der Waals surface area contributed by atoms with Crippen molar-refractivity contribution < 1.29 is 39.3 Å². The van der Waals surface area contributed by atoms with Gasteiger partial charge in [-0.2, -0.15) is 0 Å². The van der Waals surface area contributed by atoms with Crippen molar-refractivity contribution in [1.82, 2.24) is 0 Å². The molecule has 0 spiro atoms. The van der Waals surface area contributed by atoms with E-state index < -0.39 is 47.5 Å². The Balaban J connectivity index is 5.73. The van der Waals surface area contributed by atoms with Crippen molar-refractivity contribution in [2.24, 2.45) is 17.4 Å². The molecule has 0 aliphatic carbocycles. The van der Waals surface area contributed by atoms with E-state index in [1.54, 1.807) is 0 Å². The molecule has 7 N–H and O–H groups in total. The van der Waals surface area contributed by atoms with Crippen LogP contribution in [-0.2, 0) is 24.0 Å². The maximum absolute atomic E-state index is 11.1. The number of aliphatic hydroxyl groups is 1. The van der Waals surface area contributed by atoms with Gasteiger partial charge in [0, 0.05) is 0 Å². The first-order valence-corrected chi connectivity index (χ1v) is 4.34. The molecule has 0 bridgehead atoms. The third kappa shape index (κ3) is 3.01. The Hall–Kier alpha value is -2.49. The number of carboxylic acids is 2. The van der Waals surface area contributed by atoms with E-state index in [-0.39, 0.29) is 0 Å². The number of primary amides is 2. The predicted molar refractivity (Wildman–Crippen MR) is 51.7 cm³/mol. The molecule has 10 nitrogen and oxygen atoms in total.